The van der Waals surface area contributed by atoms with Crippen molar-refractivity contribution in [1.29, 1.82) is 0 Å². The molecule has 114 valence electrons. The lowest BCUT2D eigenvalue weighted by Gasteiger charge is -2.14. The molecular weight excluding hydrogens is 300 g/mol. The fourth-order valence-corrected chi connectivity index (χ4v) is 3.01. The normalized spacial score (nSPS) is 12.8. The second-order valence-electron chi connectivity index (χ2n) is 4.65. The molecular formula is C12H20N2O4S2. The fraction of sp³-hybridized carbons (Fsp3) is 0.500. The molecule has 0 aliphatic rings. The molecule has 1 aromatic rings. The van der Waals surface area contributed by atoms with Gasteiger partial charge in [0.2, 0.25) is 20.0 Å². The third kappa shape index (κ3) is 5.20. The Morgan fingerprint density at radius 2 is 1.65 bits per heavy atom. The molecule has 0 bridgehead atoms. The minimum absolute atomic E-state index is 0.191. The van der Waals surface area contributed by atoms with Crippen LogP contribution in [0.3, 0.4) is 0 Å². The van der Waals surface area contributed by atoms with Gasteiger partial charge in [0.15, 0.2) is 0 Å². The summed E-state index contributed by atoms with van der Waals surface area (Å²) in [6.45, 7) is 2.34. The SMILES string of the molecule is Cc1ccc(S(=O)(=O)NCCCN(C)S(C)(=O)=O)cc1. The van der Waals surface area contributed by atoms with Gasteiger partial charge in [-0.05, 0) is 25.5 Å². The molecule has 20 heavy (non-hydrogen) atoms. The van der Waals surface area contributed by atoms with E-state index >= 15 is 0 Å². The molecule has 0 saturated carbocycles. The van der Waals surface area contributed by atoms with Gasteiger partial charge in [-0.25, -0.2) is 25.9 Å². The third-order valence-electron chi connectivity index (χ3n) is 2.84. The van der Waals surface area contributed by atoms with Crippen molar-refractivity contribution in [2.75, 3.05) is 26.4 Å². The van der Waals surface area contributed by atoms with Gasteiger partial charge in [0.1, 0.15) is 0 Å². The monoisotopic (exact) mass is 320 g/mol. The standard InChI is InChI=1S/C12H20N2O4S2/c1-11-5-7-12(8-6-11)20(17,18)13-9-4-10-14(2)19(3,15)16/h5-8,13H,4,9-10H2,1-3H3. The van der Waals surface area contributed by atoms with Crippen molar-refractivity contribution in [1.82, 2.24) is 9.03 Å². The highest BCUT2D eigenvalue weighted by molar-refractivity contribution is 7.89. The van der Waals surface area contributed by atoms with Crippen molar-refractivity contribution in [3.63, 3.8) is 0 Å². The van der Waals surface area contributed by atoms with Gasteiger partial charge in [0.05, 0.1) is 11.2 Å². The molecule has 0 heterocycles. The quantitative estimate of drug-likeness (QED) is 0.744. The summed E-state index contributed by atoms with van der Waals surface area (Å²) >= 11 is 0. The second kappa shape index (κ2) is 6.66. The maximum Gasteiger partial charge on any atom is 0.240 e. The van der Waals surface area contributed by atoms with Gasteiger partial charge in [-0.15, -0.1) is 0 Å². The lowest BCUT2D eigenvalue weighted by molar-refractivity contribution is 0.465. The van der Waals surface area contributed by atoms with Crippen LogP contribution in [0.2, 0.25) is 0 Å². The van der Waals surface area contributed by atoms with E-state index < -0.39 is 20.0 Å². The van der Waals surface area contributed by atoms with Crippen LogP contribution in [0.15, 0.2) is 29.2 Å². The van der Waals surface area contributed by atoms with Gasteiger partial charge >= 0.3 is 0 Å². The number of hydrogen-bond donors (Lipinski definition) is 1. The Balaban J connectivity index is 2.51. The van der Waals surface area contributed by atoms with Crippen molar-refractivity contribution >= 4 is 20.0 Å². The van der Waals surface area contributed by atoms with Crippen molar-refractivity contribution < 1.29 is 16.8 Å². The van der Waals surface area contributed by atoms with Gasteiger partial charge < -0.3 is 0 Å². The molecule has 0 fully saturated rings. The van der Waals surface area contributed by atoms with Crippen LogP contribution in [0.25, 0.3) is 0 Å². The van der Waals surface area contributed by atoms with Gasteiger partial charge in [0, 0.05) is 20.1 Å². The predicted molar refractivity (Wildman–Crippen MR) is 78.5 cm³/mol. The molecule has 0 aliphatic heterocycles. The maximum absolute atomic E-state index is 11.9. The van der Waals surface area contributed by atoms with E-state index in [1.165, 1.54) is 11.4 Å². The number of nitrogens with zero attached hydrogens (tertiary/aromatic N) is 1. The number of aryl methyl sites for hydroxylation is 1. The smallest absolute Gasteiger partial charge is 0.213 e. The molecule has 0 spiro atoms. The van der Waals surface area contributed by atoms with Crippen LogP contribution in [0.5, 0.6) is 0 Å². The Labute approximate surface area is 120 Å². The van der Waals surface area contributed by atoms with Crippen LogP contribution in [0.4, 0.5) is 0 Å². The van der Waals surface area contributed by atoms with Crippen LogP contribution in [0.1, 0.15) is 12.0 Å². The molecule has 0 radical (unpaired) electrons. The first-order valence-corrected chi connectivity index (χ1v) is 9.44. The molecule has 1 N–H and O–H groups in total. The number of rotatable bonds is 7. The largest absolute Gasteiger partial charge is 0.240 e. The topological polar surface area (TPSA) is 83.6 Å². The van der Waals surface area contributed by atoms with Crippen LogP contribution in [-0.2, 0) is 20.0 Å². The summed E-state index contributed by atoms with van der Waals surface area (Å²) in [6.07, 6.45) is 1.53. The number of hydrogen-bond acceptors (Lipinski definition) is 4. The van der Waals surface area contributed by atoms with Crippen LogP contribution < -0.4 is 4.72 Å². The predicted octanol–water partition coefficient (Wildman–Crippen LogP) is 0.555. The second-order valence-corrected chi connectivity index (χ2v) is 8.51. The number of sulfonamides is 2. The van der Waals surface area contributed by atoms with E-state index in [-0.39, 0.29) is 18.0 Å². The Kier molecular flexibility index (Phi) is 5.69. The first-order chi connectivity index (χ1) is 9.13. The summed E-state index contributed by atoms with van der Waals surface area (Å²) in [7, 11) is -5.29. The third-order valence-corrected chi connectivity index (χ3v) is 5.63. The van der Waals surface area contributed by atoms with E-state index in [2.05, 4.69) is 4.72 Å². The number of nitrogens with one attached hydrogen (secondary N) is 1. The Morgan fingerprint density at radius 1 is 1.10 bits per heavy atom. The minimum Gasteiger partial charge on any atom is -0.213 e. The van der Waals surface area contributed by atoms with Gasteiger partial charge in [-0.1, -0.05) is 17.7 Å². The number of benzene rings is 1. The summed E-state index contributed by atoms with van der Waals surface area (Å²) in [4.78, 5) is 0.208. The van der Waals surface area contributed by atoms with E-state index in [9.17, 15) is 16.8 Å². The van der Waals surface area contributed by atoms with E-state index in [4.69, 9.17) is 0 Å². The fourth-order valence-electron chi connectivity index (χ4n) is 1.47. The zero-order valence-electron chi connectivity index (χ0n) is 11.8. The lowest BCUT2D eigenvalue weighted by Crippen LogP contribution is -2.31. The Hall–Kier alpha value is -0.960. The lowest BCUT2D eigenvalue weighted by atomic mass is 10.2. The molecule has 0 aromatic heterocycles. The van der Waals surface area contributed by atoms with Crippen molar-refractivity contribution in [2.24, 2.45) is 0 Å². The highest BCUT2D eigenvalue weighted by atomic mass is 32.2. The van der Waals surface area contributed by atoms with Crippen LogP contribution in [0, 0.1) is 6.92 Å². The first-order valence-electron chi connectivity index (χ1n) is 6.10. The summed E-state index contributed by atoms with van der Waals surface area (Å²) in [6, 6.07) is 6.54. The average Bonchev–Trinajstić information content (AvgIpc) is 2.33. The van der Waals surface area contributed by atoms with Crippen LogP contribution in [-0.4, -0.2) is 47.5 Å². The van der Waals surface area contributed by atoms with Gasteiger partial charge in [-0.3, -0.25) is 0 Å². The molecule has 0 unspecified atom stereocenters. The maximum atomic E-state index is 11.9. The van der Waals surface area contributed by atoms with Crippen molar-refractivity contribution in [2.45, 2.75) is 18.2 Å². The highest BCUT2D eigenvalue weighted by Gasteiger charge is 2.14. The highest BCUT2D eigenvalue weighted by Crippen LogP contribution is 2.09. The molecule has 6 nitrogen and oxygen atoms in total. The summed E-state index contributed by atoms with van der Waals surface area (Å²) in [5, 5.41) is 0. The van der Waals surface area contributed by atoms with E-state index in [0.717, 1.165) is 11.8 Å². The van der Waals surface area contributed by atoms with Crippen LogP contribution >= 0.6 is 0 Å². The van der Waals surface area contributed by atoms with E-state index in [1.54, 1.807) is 24.3 Å². The molecule has 0 atom stereocenters. The molecule has 1 rings (SSSR count). The molecule has 0 aliphatic carbocycles. The summed E-state index contributed by atoms with van der Waals surface area (Å²) < 4.78 is 49.9. The zero-order valence-corrected chi connectivity index (χ0v) is 13.5. The van der Waals surface area contributed by atoms with Gasteiger partial charge in [-0.2, -0.15) is 0 Å². The zero-order chi connectivity index (χ0) is 15.4. The average molecular weight is 320 g/mol. The minimum atomic E-state index is -3.53. The van der Waals surface area contributed by atoms with E-state index in [1.807, 2.05) is 6.92 Å². The Bertz CT molecular complexity index is 637. The molecule has 1 aromatic carbocycles. The first kappa shape index (κ1) is 17.1. The van der Waals surface area contributed by atoms with Crippen molar-refractivity contribution in [3.8, 4) is 0 Å². The summed E-state index contributed by atoms with van der Waals surface area (Å²) in [5.41, 5.74) is 0.985. The molecule has 0 amide bonds. The van der Waals surface area contributed by atoms with Gasteiger partial charge in [0.25, 0.3) is 0 Å². The molecule has 0 saturated heterocycles. The Morgan fingerprint density at radius 3 is 2.15 bits per heavy atom. The molecule has 8 heteroatoms. The summed E-state index contributed by atoms with van der Waals surface area (Å²) in [5.74, 6) is 0. The van der Waals surface area contributed by atoms with E-state index in [0.29, 0.717) is 6.42 Å². The van der Waals surface area contributed by atoms with Crippen molar-refractivity contribution in [3.05, 3.63) is 29.8 Å².